The van der Waals surface area contributed by atoms with Gasteiger partial charge in [0, 0.05) is 17.1 Å². The number of hydrogen-bond acceptors (Lipinski definition) is 1. The van der Waals surface area contributed by atoms with Gasteiger partial charge in [0.15, 0.2) is 0 Å². The van der Waals surface area contributed by atoms with Crippen molar-refractivity contribution in [1.82, 2.24) is 4.98 Å². The summed E-state index contributed by atoms with van der Waals surface area (Å²) in [5.41, 5.74) is 7.61. The van der Waals surface area contributed by atoms with Gasteiger partial charge in [-0.2, -0.15) is 0 Å². The lowest BCUT2D eigenvalue weighted by Crippen LogP contribution is -1.94. The average molecular weight is 339 g/mol. The predicted octanol–water partition coefficient (Wildman–Crippen LogP) is 7.10. The molecule has 130 valence electrons. The standard InChI is InChI=1S/C25H25N/c1-15(2)22-14-20-7-6-19-8-9-26-25(24(19)23(20)13-18(22)5)21-11-16(3)10-17(4)12-21/h6-15H,1-5H3. The fourth-order valence-corrected chi connectivity index (χ4v) is 4.13. The Labute approximate surface area is 155 Å². The van der Waals surface area contributed by atoms with Crippen LogP contribution in [-0.4, -0.2) is 4.98 Å². The van der Waals surface area contributed by atoms with E-state index in [9.17, 15) is 0 Å². The topological polar surface area (TPSA) is 12.9 Å². The van der Waals surface area contributed by atoms with Gasteiger partial charge in [0.25, 0.3) is 0 Å². The molecule has 0 N–H and O–H groups in total. The van der Waals surface area contributed by atoms with Gasteiger partial charge in [-0.05, 0) is 72.2 Å². The van der Waals surface area contributed by atoms with Gasteiger partial charge >= 0.3 is 0 Å². The van der Waals surface area contributed by atoms with Crippen molar-refractivity contribution in [2.75, 3.05) is 0 Å². The maximum absolute atomic E-state index is 4.80. The van der Waals surface area contributed by atoms with Crippen LogP contribution in [0.1, 0.15) is 42.0 Å². The molecule has 0 unspecified atom stereocenters. The van der Waals surface area contributed by atoms with Gasteiger partial charge in [-0.25, -0.2) is 0 Å². The van der Waals surface area contributed by atoms with Gasteiger partial charge in [-0.1, -0.05) is 55.3 Å². The molecule has 0 aliphatic carbocycles. The normalized spacial score (nSPS) is 11.6. The molecule has 1 aromatic heterocycles. The van der Waals surface area contributed by atoms with Crippen LogP contribution in [-0.2, 0) is 0 Å². The minimum atomic E-state index is 0.530. The highest BCUT2D eigenvalue weighted by Crippen LogP contribution is 2.35. The maximum Gasteiger partial charge on any atom is 0.0786 e. The number of fused-ring (bicyclic) bond motifs is 3. The summed E-state index contributed by atoms with van der Waals surface area (Å²) < 4.78 is 0. The van der Waals surface area contributed by atoms with Crippen LogP contribution in [0.15, 0.2) is 54.7 Å². The van der Waals surface area contributed by atoms with Crippen molar-refractivity contribution in [1.29, 1.82) is 0 Å². The summed E-state index contributed by atoms with van der Waals surface area (Å²) in [6, 6.07) is 18.0. The monoisotopic (exact) mass is 339 g/mol. The van der Waals surface area contributed by atoms with Crippen LogP contribution in [0.4, 0.5) is 0 Å². The summed E-state index contributed by atoms with van der Waals surface area (Å²) >= 11 is 0. The fourth-order valence-electron chi connectivity index (χ4n) is 4.13. The zero-order chi connectivity index (χ0) is 18.4. The molecule has 4 rings (SSSR count). The van der Waals surface area contributed by atoms with E-state index >= 15 is 0 Å². The second kappa shape index (κ2) is 6.25. The molecule has 0 atom stereocenters. The van der Waals surface area contributed by atoms with Crippen LogP contribution in [0.2, 0.25) is 0 Å². The highest BCUT2D eigenvalue weighted by molar-refractivity contribution is 6.13. The lowest BCUT2D eigenvalue weighted by Gasteiger charge is -2.15. The Morgan fingerprint density at radius 3 is 2.15 bits per heavy atom. The van der Waals surface area contributed by atoms with Crippen molar-refractivity contribution in [2.24, 2.45) is 0 Å². The van der Waals surface area contributed by atoms with Gasteiger partial charge in [-0.3, -0.25) is 4.98 Å². The van der Waals surface area contributed by atoms with Crippen molar-refractivity contribution in [2.45, 2.75) is 40.5 Å². The van der Waals surface area contributed by atoms with Gasteiger partial charge < -0.3 is 0 Å². The third kappa shape index (κ3) is 2.78. The first-order valence-electron chi connectivity index (χ1n) is 9.34. The Hall–Kier alpha value is -2.67. The summed E-state index contributed by atoms with van der Waals surface area (Å²) in [5.74, 6) is 0.530. The third-order valence-electron chi connectivity index (χ3n) is 5.25. The molecule has 1 nitrogen and oxygen atoms in total. The van der Waals surface area contributed by atoms with Crippen molar-refractivity contribution in [3.8, 4) is 11.3 Å². The lowest BCUT2D eigenvalue weighted by molar-refractivity contribution is 0.859. The van der Waals surface area contributed by atoms with E-state index in [-0.39, 0.29) is 0 Å². The molecule has 1 heteroatoms. The van der Waals surface area contributed by atoms with E-state index in [4.69, 9.17) is 4.98 Å². The number of aromatic nitrogens is 1. The van der Waals surface area contributed by atoms with E-state index in [0.717, 1.165) is 5.69 Å². The fraction of sp³-hybridized carbons (Fsp3) is 0.240. The number of rotatable bonds is 2. The predicted molar refractivity (Wildman–Crippen MR) is 113 cm³/mol. The van der Waals surface area contributed by atoms with E-state index in [2.05, 4.69) is 83.1 Å². The third-order valence-corrected chi connectivity index (χ3v) is 5.25. The number of pyridine rings is 1. The van der Waals surface area contributed by atoms with Crippen LogP contribution in [0.3, 0.4) is 0 Å². The number of aryl methyl sites for hydroxylation is 3. The van der Waals surface area contributed by atoms with E-state index in [1.54, 1.807) is 0 Å². The molecule has 4 aromatic rings. The highest BCUT2D eigenvalue weighted by Gasteiger charge is 2.12. The second-order valence-corrected chi connectivity index (χ2v) is 7.78. The number of benzene rings is 3. The van der Waals surface area contributed by atoms with Gasteiger partial charge in [-0.15, -0.1) is 0 Å². The van der Waals surface area contributed by atoms with Crippen LogP contribution < -0.4 is 0 Å². The first-order chi connectivity index (χ1) is 12.4. The average Bonchev–Trinajstić information content (AvgIpc) is 2.59. The highest BCUT2D eigenvalue weighted by atomic mass is 14.7. The molecule has 26 heavy (non-hydrogen) atoms. The molecule has 0 bridgehead atoms. The molecule has 0 amide bonds. The van der Waals surface area contributed by atoms with Gasteiger partial charge in [0.1, 0.15) is 0 Å². The Morgan fingerprint density at radius 2 is 1.46 bits per heavy atom. The molecular formula is C25H25N. The summed E-state index contributed by atoms with van der Waals surface area (Å²) in [6.07, 6.45) is 1.93. The van der Waals surface area contributed by atoms with Crippen molar-refractivity contribution < 1.29 is 0 Å². The first kappa shape index (κ1) is 16.8. The second-order valence-electron chi connectivity index (χ2n) is 7.78. The molecular weight excluding hydrogens is 314 g/mol. The molecule has 1 heterocycles. The number of nitrogens with zero attached hydrogens (tertiary/aromatic N) is 1. The van der Waals surface area contributed by atoms with E-state index in [1.165, 1.54) is 49.4 Å². The zero-order valence-electron chi connectivity index (χ0n) is 16.2. The Bertz CT molecular complexity index is 1120. The van der Waals surface area contributed by atoms with Crippen LogP contribution in [0.25, 0.3) is 32.8 Å². The van der Waals surface area contributed by atoms with Crippen LogP contribution in [0.5, 0.6) is 0 Å². The molecule has 0 spiro atoms. The molecule has 0 aliphatic rings. The summed E-state index contributed by atoms with van der Waals surface area (Å²) in [5, 5.41) is 5.10. The Morgan fingerprint density at radius 1 is 0.769 bits per heavy atom. The van der Waals surface area contributed by atoms with Crippen LogP contribution in [0, 0.1) is 20.8 Å². The van der Waals surface area contributed by atoms with Crippen LogP contribution >= 0.6 is 0 Å². The summed E-state index contributed by atoms with van der Waals surface area (Å²) in [6.45, 7) is 11.0. The summed E-state index contributed by atoms with van der Waals surface area (Å²) in [4.78, 5) is 4.80. The zero-order valence-corrected chi connectivity index (χ0v) is 16.2. The molecule has 0 aliphatic heterocycles. The molecule has 3 aromatic carbocycles. The van der Waals surface area contributed by atoms with E-state index in [1.807, 2.05) is 6.20 Å². The molecule has 0 radical (unpaired) electrons. The Kier molecular flexibility index (Phi) is 4.03. The maximum atomic E-state index is 4.80. The quantitative estimate of drug-likeness (QED) is 0.355. The van der Waals surface area contributed by atoms with Gasteiger partial charge in [0.2, 0.25) is 0 Å². The van der Waals surface area contributed by atoms with E-state index in [0.29, 0.717) is 5.92 Å². The molecule has 0 saturated carbocycles. The largest absolute Gasteiger partial charge is 0.256 e. The number of hydrogen-bond donors (Lipinski definition) is 0. The minimum Gasteiger partial charge on any atom is -0.256 e. The molecule has 0 saturated heterocycles. The Balaban J connectivity index is 2.11. The van der Waals surface area contributed by atoms with Crippen molar-refractivity contribution >= 4 is 21.5 Å². The van der Waals surface area contributed by atoms with Gasteiger partial charge in [0.05, 0.1) is 5.69 Å². The van der Waals surface area contributed by atoms with E-state index < -0.39 is 0 Å². The minimum absolute atomic E-state index is 0.530. The smallest absolute Gasteiger partial charge is 0.0786 e. The van der Waals surface area contributed by atoms with Crippen molar-refractivity contribution in [3.63, 3.8) is 0 Å². The van der Waals surface area contributed by atoms with Crippen molar-refractivity contribution in [3.05, 3.63) is 77.0 Å². The summed E-state index contributed by atoms with van der Waals surface area (Å²) in [7, 11) is 0. The lowest BCUT2D eigenvalue weighted by atomic mass is 9.91. The molecule has 0 fully saturated rings. The SMILES string of the molecule is Cc1cc(C)cc(-c2nccc3ccc4cc(C(C)C)c(C)cc4c23)c1. The first-order valence-corrected chi connectivity index (χ1v) is 9.34.